The Morgan fingerprint density at radius 2 is 1.81 bits per heavy atom. The first-order valence-electron chi connectivity index (χ1n) is 11.7. The van der Waals surface area contributed by atoms with Gasteiger partial charge in [-0.3, -0.25) is 0 Å². The summed E-state index contributed by atoms with van der Waals surface area (Å²) in [5, 5.41) is 2.72. The molecule has 0 saturated carbocycles. The highest BCUT2D eigenvalue weighted by Gasteiger charge is 2.27. The Hall–Kier alpha value is -2.08. The third-order valence-electron chi connectivity index (χ3n) is 6.08. The molecule has 0 unspecified atom stereocenters. The van der Waals surface area contributed by atoms with Crippen LogP contribution in [-0.2, 0) is 16.8 Å². The highest BCUT2D eigenvalue weighted by molar-refractivity contribution is 7.09. The molecule has 0 aliphatic carbocycles. The fourth-order valence-corrected chi connectivity index (χ4v) is 5.24. The first kappa shape index (κ1) is 24.6. The maximum absolute atomic E-state index is 12.2. The molecular formula is C26H38N2O3S. The number of piperidine rings is 1. The van der Waals surface area contributed by atoms with Gasteiger partial charge in [-0.15, -0.1) is 11.3 Å². The third kappa shape index (κ3) is 7.51. The van der Waals surface area contributed by atoms with E-state index in [-0.39, 0.29) is 18.1 Å². The first-order chi connectivity index (χ1) is 15.1. The van der Waals surface area contributed by atoms with Crippen LogP contribution in [0.3, 0.4) is 0 Å². The average molecular weight is 459 g/mol. The molecule has 176 valence electrons. The van der Waals surface area contributed by atoms with Crippen molar-refractivity contribution in [2.45, 2.75) is 72.3 Å². The predicted molar refractivity (Wildman–Crippen MR) is 130 cm³/mol. The number of rotatable bonds is 8. The largest absolute Gasteiger partial charge is 0.494 e. The van der Waals surface area contributed by atoms with E-state index in [4.69, 9.17) is 9.47 Å². The molecule has 1 amide bonds. The van der Waals surface area contributed by atoms with E-state index in [0.29, 0.717) is 17.9 Å². The quantitative estimate of drug-likeness (QED) is 0.443. The van der Waals surface area contributed by atoms with Crippen LogP contribution in [-0.4, -0.2) is 35.7 Å². The standard InChI is InChI=1S/C26H38N2O3S/c1-25(2,3)19-26(4,5)21-6-8-22(9-7-21)30-16-12-20-10-14-28(15-11-20)24(29)31-18-23-27-13-17-32-23/h6-9,13,17,20H,10-12,14-16,18-19H2,1-5H3. The molecule has 5 nitrogen and oxygen atoms in total. The molecule has 0 bridgehead atoms. The van der Waals surface area contributed by atoms with E-state index in [2.05, 4.69) is 63.9 Å². The number of amides is 1. The van der Waals surface area contributed by atoms with E-state index < -0.39 is 0 Å². The van der Waals surface area contributed by atoms with Crippen LogP contribution in [0, 0.1) is 11.3 Å². The van der Waals surface area contributed by atoms with Gasteiger partial charge >= 0.3 is 6.09 Å². The van der Waals surface area contributed by atoms with Gasteiger partial charge in [-0.1, -0.05) is 46.8 Å². The number of thiazole rings is 1. The summed E-state index contributed by atoms with van der Waals surface area (Å²) in [6, 6.07) is 8.61. The molecule has 32 heavy (non-hydrogen) atoms. The smallest absolute Gasteiger partial charge is 0.410 e. The van der Waals surface area contributed by atoms with Gasteiger partial charge in [0, 0.05) is 24.7 Å². The van der Waals surface area contributed by atoms with Gasteiger partial charge in [0.25, 0.3) is 0 Å². The SMILES string of the molecule is CC(C)(C)CC(C)(C)c1ccc(OCCC2CCN(C(=O)OCc3nccs3)CC2)cc1. The molecule has 1 aromatic heterocycles. The Balaban J connectivity index is 1.36. The van der Waals surface area contributed by atoms with Crippen LogP contribution in [0.15, 0.2) is 35.8 Å². The van der Waals surface area contributed by atoms with Crippen molar-refractivity contribution >= 4 is 17.4 Å². The zero-order valence-corrected chi connectivity index (χ0v) is 21.0. The lowest BCUT2D eigenvalue weighted by atomic mass is 9.72. The molecule has 0 radical (unpaired) electrons. The summed E-state index contributed by atoms with van der Waals surface area (Å²) < 4.78 is 11.4. The second-order valence-electron chi connectivity index (χ2n) is 10.7. The average Bonchev–Trinajstić information content (AvgIpc) is 3.25. The van der Waals surface area contributed by atoms with Crippen LogP contribution in [0.1, 0.15) is 70.9 Å². The number of carbonyl (C=O) groups is 1. The summed E-state index contributed by atoms with van der Waals surface area (Å²) in [5.74, 6) is 1.52. The minimum absolute atomic E-state index is 0.145. The molecule has 1 aromatic carbocycles. The van der Waals surface area contributed by atoms with E-state index in [1.807, 2.05) is 10.3 Å². The van der Waals surface area contributed by atoms with Gasteiger partial charge in [0.1, 0.15) is 17.4 Å². The second-order valence-corrected chi connectivity index (χ2v) is 11.7. The third-order valence-corrected chi connectivity index (χ3v) is 6.83. The predicted octanol–water partition coefficient (Wildman–Crippen LogP) is 6.67. The van der Waals surface area contributed by atoms with E-state index in [9.17, 15) is 4.79 Å². The Labute approximate surface area is 197 Å². The summed E-state index contributed by atoms with van der Waals surface area (Å²) in [6.07, 6.45) is 5.63. The molecule has 0 N–H and O–H groups in total. The maximum Gasteiger partial charge on any atom is 0.410 e. The minimum Gasteiger partial charge on any atom is -0.494 e. The van der Waals surface area contributed by atoms with Gasteiger partial charge < -0.3 is 14.4 Å². The molecule has 1 aliphatic rings. The van der Waals surface area contributed by atoms with Gasteiger partial charge in [0.2, 0.25) is 0 Å². The molecule has 3 rings (SSSR count). The molecule has 1 saturated heterocycles. The number of carbonyl (C=O) groups excluding carboxylic acids is 1. The number of nitrogens with zero attached hydrogens (tertiary/aromatic N) is 2. The molecule has 6 heteroatoms. The fourth-order valence-electron chi connectivity index (χ4n) is 4.72. The van der Waals surface area contributed by atoms with Crippen molar-refractivity contribution in [3.05, 3.63) is 46.4 Å². The lowest BCUT2D eigenvalue weighted by Crippen LogP contribution is -2.39. The Kier molecular flexibility index (Phi) is 8.21. The zero-order valence-electron chi connectivity index (χ0n) is 20.2. The zero-order chi connectivity index (χ0) is 23.2. The van der Waals surface area contributed by atoms with Crippen molar-refractivity contribution in [3.63, 3.8) is 0 Å². The van der Waals surface area contributed by atoms with Gasteiger partial charge in [-0.2, -0.15) is 0 Å². The molecule has 0 atom stereocenters. The van der Waals surface area contributed by atoms with E-state index in [1.54, 1.807) is 6.20 Å². The van der Waals surface area contributed by atoms with Crippen LogP contribution in [0.4, 0.5) is 4.79 Å². The molecule has 2 aromatic rings. The first-order valence-corrected chi connectivity index (χ1v) is 12.5. The number of benzene rings is 1. The Morgan fingerprint density at radius 3 is 2.41 bits per heavy atom. The van der Waals surface area contributed by atoms with Crippen molar-refractivity contribution in [1.29, 1.82) is 0 Å². The monoisotopic (exact) mass is 458 g/mol. The van der Waals surface area contributed by atoms with Crippen LogP contribution >= 0.6 is 11.3 Å². The maximum atomic E-state index is 12.2. The van der Waals surface area contributed by atoms with Crippen molar-refractivity contribution in [2.24, 2.45) is 11.3 Å². The van der Waals surface area contributed by atoms with Crippen molar-refractivity contribution in [2.75, 3.05) is 19.7 Å². The summed E-state index contributed by atoms with van der Waals surface area (Å²) in [7, 11) is 0. The van der Waals surface area contributed by atoms with Crippen LogP contribution in [0.5, 0.6) is 5.75 Å². The molecule has 2 heterocycles. The summed E-state index contributed by atoms with van der Waals surface area (Å²) in [6.45, 7) is 14.0. The van der Waals surface area contributed by atoms with Crippen LogP contribution in [0.25, 0.3) is 0 Å². The van der Waals surface area contributed by atoms with Gasteiger partial charge in [-0.25, -0.2) is 9.78 Å². The fraction of sp³-hybridized carbons (Fsp3) is 0.615. The summed E-state index contributed by atoms with van der Waals surface area (Å²) in [4.78, 5) is 18.2. The van der Waals surface area contributed by atoms with Gasteiger partial charge in [0.15, 0.2) is 0 Å². The summed E-state index contributed by atoms with van der Waals surface area (Å²) in [5.41, 5.74) is 1.80. The lowest BCUT2D eigenvalue weighted by molar-refractivity contribution is 0.0799. The summed E-state index contributed by atoms with van der Waals surface area (Å²) >= 11 is 1.50. The van der Waals surface area contributed by atoms with Crippen molar-refractivity contribution < 1.29 is 14.3 Å². The van der Waals surface area contributed by atoms with Crippen LogP contribution in [0.2, 0.25) is 0 Å². The number of aromatic nitrogens is 1. The van der Waals surface area contributed by atoms with Gasteiger partial charge in [-0.05, 0) is 60.1 Å². The molecule has 1 aliphatic heterocycles. The highest BCUT2D eigenvalue weighted by atomic mass is 32.1. The lowest BCUT2D eigenvalue weighted by Gasteiger charge is -2.33. The van der Waals surface area contributed by atoms with E-state index >= 15 is 0 Å². The Bertz CT molecular complexity index is 833. The number of hydrogen-bond acceptors (Lipinski definition) is 5. The Morgan fingerprint density at radius 1 is 1.12 bits per heavy atom. The molecular weight excluding hydrogens is 420 g/mol. The topological polar surface area (TPSA) is 51.7 Å². The second kappa shape index (κ2) is 10.7. The number of ether oxygens (including phenoxy) is 2. The molecule has 0 spiro atoms. The van der Waals surface area contributed by atoms with Gasteiger partial charge in [0.05, 0.1) is 6.61 Å². The normalized spacial score (nSPS) is 15.6. The van der Waals surface area contributed by atoms with Crippen LogP contribution < -0.4 is 4.74 Å². The number of likely N-dealkylation sites (tertiary alicyclic amines) is 1. The highest BCUT2D eigenvalue weighted by Crippen LogP contribution is 2.36. The number of hydrogen-bond donors (Lipinski definition) is 0. The van der Waals surface area contributed by atoms with E-state index in [1.165, 1.54) is 16.9 Å². The molecule has 1 fully saturated rings. The van der Waals surface area contributed by atoms with Crippen molar-refractivity contribution in [3.8, 4) is 5.75 Å². The van der Waals surface area contributed by atoms with E-state index in [0.717, 1.165) is 49.5 Å². The van der Waals surface area contributed by atoms with Crippen molar-refractivity contribution in [1.82, 2.24) is 9.88 Å². The minimum atomic E-state index is -0.232.